The molecule has 2 aromatic carbocycles. The maximum absolute atomic E-state index is 13.6. The lowest BCUT2D eigenvalue weighted by Gasteiger charge is -2.35. The number of carbonyl (C=O) groups excluding carboxylic acids is 2. The van der Waals surface area contributed by atoms with Gasteiger partial charge in [-0.15, -0.1) is 5.10 Å². The summed E-state index contributed by atoms with van der Waals surface area (Å²) in [4.78, 5) is 39.8. The summed E-state index contributed by atoms with van der Waals surface area (Å²) in [6, 6.07) is 11.2. The van der Waals surface area contributed by atoms with Crippen molar-refractivity contribution in [2.45, 2.75) is 25.7 Å². The number of esters is 2. The van der Waals surface area contributed by atoms with E-state index in [2.05, 4.69) is 9.84 Å². The van der Waals surface area contributed by atoms with Crippen LogP contribution in [0.4, 0.5) is 24.8 Å². The fourth-order valence-corrected chi connectivity index (χ4v) is 4.23. The molecular weight excluding hydrogens is 507 g/mol. The first kappa shape index (κ1) is 26.2. The molecule has 1 aliphatic heterocycles. The Hall–Kier alpha value is -4.86. The highest BCUT2D eigenvalue weighted by Gasteiger charge is 2.41. The molecule has 0 saturated heterocycles. The van der Waals surface area contributed by atoms with Gasteiger partial charge in [0.2, 0.25) is 5.95 Å². The van der Waals surface area contributed by atoms with Crippen LogP contribution in [0.2, 0.25) is 0 Å². The van der Waals surface area contributed by atoms with Crippen LogP contribution in [0, 0.1) is 11.3 Å². The van der Waals surface area contributed by atoms with Crippen molar-refractivity contribution in [3.63, 3.8) is 0 Å². The summed E-state index contributed by atoms with van der Waals surface area (Å²) in [5.74, 6) is -1.77. The average Bonchev–Trinajstić information content (AvgIpc) is 3.21. The number of halogens is 3. The molecule has 0 bridgehead atoms. The monoisotopic (exact) mass is 527 g/mol. The van der Waals surface area contributed by atoms with Crippen LogP contribution in [0.3, 0.4) is 0 Å². The van der Waals surface area contributed by atoms with Crippen LogP contribution in [-0.2, 0) is 31.8 Å². The highest BCUT2D eigenvalue weighted by Crippen LogP contribution is 2.43. The van der Waals surface area contributed by atoms with Gasteiger partial charge in [-0.05, 0) is 42.8 Å². The molecule has 10 nitrogen and oxygen atoms in total. The minimum atomic E-state index is -4.66. The van der Waals surface area contributed by atoms with Gasteiger partial charge < -0.3 is 9.47 Å². The van der Waals surface area contributed by atoms with E-state index in [1.807, 2.05) is 6.07 Å². The van der Waals surface area contributed by atoms with E-state index >= 15 is 0 Å². The predicted molar refractivity (Wildman–Crippen MR) is 126 cm³/mol. The second-order valence-corrected chi connectivity index (χ2v) is 8.20. The van der Waals surface area contributed by atoms with Crippen molar-refractivity contribution >= 4 is 23.6 Å². The van der Waals surface area contributed by atoms with Gasteiger partial charge in [-0.3, -0.25) is 9.69 Å². The number of anilines is 2. The van der Waals surface area contributed by atoms with Crippen molar-refractivity contribution in [2.24, 2.45) is 0 Å². The Kier molecular flexibility index (Phi) is 6.82. The number of carbonyl (C=O) groups is 2. The number of nitrogens with zero attached hydrogens (tertiary/aromatic N) is 5. The van der Waals surface area contributed by atoms with Gasteiger partial charge in [0.1, 0.15) is 12.6 Å². The molecule has 1 aromatic heterocycles. The quantitative estimate of drug-likeness (QED) is 0.464. The van der Waals surface area contributed by atoms with E-state index in [0.717, 1.165) is 35.6 Å². The molecule has 3 aromatic rings. The van der Waals surface area contributed by atoms with Gasteiger partial charge in [0.25, 0.3) is 0 Å². The number of benzene rings is 2. The van der Waals surface area contributed by atoms with E-state index in [4.69, 9.17) is 4.74 Å². The number of nitriles is 1. The Bertz CT molecular complexity index is 1550. The third kappa shape index (κ3) is 4.52. The summed E-state index contributed by atoms with van der Waals surface area (Å²) in [6.07, 6.45) is -4.66. The molecule has 2 heterocycles. The number of hydrogen-bond donors (Lipinski definition) is 0. The lowest BCUT2D eigenvalue weighted by atomic mass is 9.93. The molecule has 0 N–H and O–H groups in total. The van der Waals surface area contributed by atoms with Gasteiger partial charge in [-0.1, -0.05) is 18.2 Å². The minimum Gasteiger partial charge on any atom is -0.468 e. The van der Waals surface area contributed by atoms with E-state index in [-0.39, 0.29) is 22.9 Å². The van der Waals surface area contributed by atoms with Gasteiger partial charge in [0.15, 0.2) is 0 Å². The Morgan fingerprint density at radius 1 is 1.11 bits per heavy atom. The van der Waals surface area contributed by atoms with Crippen LogP contribution in [0.15, 0.2) is 64.6 Å². The maximum atomic E-state index is 13.6. The van der Waals surface area contributed by atoms with Crippen LogP contribution >= 0.6 is 0 Å². The highest BCUT2D eigenvalue weighted by atomic mass is 19.4. The zero-order valence-corrected chi connectivity index (χ0v) is 20.3. The molecule has 196 valence electrons. The highest BCUT2D eigenvalue weighted by molar-refractivity contribution is 5.93. The largest absolute Gasteiger partial charge is 0.468 e. The van der Waals surface area contributed by atoms with Gasteiger partial charge >= 0.3 is 23.8 Å². The normalized spacial score (nSPS) is 15.1. The molecule has 1 aliphatic rings. The summed E-state index contributed by atoms with van der Waals surface area (Å²) in [5, 5.41) is 13.4. The summed E-state index contributed by atoms with van der Waals surface area (Å²) in [6.45, 7) is 0.898. The van der Waals surface area contributed by atoms with Gasteiger partial charge in [0, 0.05) is 11.4 Å². The van der Waals surface area contributed by atoms with Gasteiger partial charge in [-0.2, -0.15) is 23.1 Å². The number of fused-ring (bicyclic) bond motifs is 1. The third-order valence-electron chi connectivity index (χ3n) is 6.01. The first-order valence-corrected chi connectivity index (χ1v) is 11.0. The van der Waals surface area contributed by atoms with Gasteiger partial charge in [0.05, 0.1) is 37.0 Å². The lowest BCUT2D eigenvalue weighted by molar-refractivity contribution is -0.141. The standard InChI is InChI=1S/C25H20F3N5O5/c1-14-20(22(35)38-3)21(16-9-7-15(12-29)8-10-16)33-23(30-31(24(33)36)13-19(34)37-2)32(14)18-6-4-5-17(11-18)25(26,27)28/h4-11,21H,13H2,1-3H3. The van der Waals surface area contributed by atoms with E-state index in [1.165, 1.54) is 48.2 Å². The molecule has 13 heteroatoms. The number of allylic oxidation sites excluding steroid dienone is 1. The maximum Gasteiger partial charge on any atom is 0.416 e. The molecule has 0 fully saturated rings. The summed E-state index contributed by atoms with van der Waals surface area (Å²) >= 11 is 0. The zero-order valence-electron chi connectivity index (χ0n) is 20.3. The van der Waals surface area contributed by atoms with Gasteiger partial charge in [-0.25, -0.2) is 14.2 Å². The van der Waals surface area contributed by atoms with Crippen molar-refractivity contribution in [1.29, 1.82) is 5.26 Å². The van der Waals surface area contributed by atoms with Crippen molar-refractivity contribution in [2.75, 3.05) is 19.1 Å². The Balaban J connectivity index is 2.05. The smallest absolute Gasteiger partial charge is 0.416 e. The lowest BCUT2D eigenvalue weighted by Crippen LogP contribution is -2.38. The fourth-order valence-electron chi connectivity index (χ4n) is 4.23. The molecular formula is C25H20F3N5O5. The second kappa shape index (κ2) is 9.89. The first-order chi connectivity index (χ1) is 18.0. The van der Waals surface area contributed by atoms with Crippen molar-refractivity contribution in [1.82, 2.24) is 14.3 Å². The van der Waals surface area contributed by atoms with E-state index in [9.17, 15) is 32.8 Å². The number of methoxy groups -OCH3 is 2. The number of alkyl halides is 3. The number of hydrogen-bond acceptors (Lipinski definition) is 8. The Labute approximate surface area is 213 Å². The minimum absolute atomic E-state index is 0.0338. The van der Waals surface area contributed by atoms with Crippen molar-refractivity contribution in [3.8, 4) is 6.07 Å². The van der Waals surface area contributed by atoms with E-state index < -0.39 is 42.0 Å². The third-order valence-corrected chi connectivity index (χ3v) is 6.01. The van der Waals surface area contributed by atoms with Crippen molar-refractivity contribution < 1.29 is 32.2 Å². The average molecular weight is 527 g/mol. The molecule has 0 aliphatic carbocycles. The predicted octanol–water partition coefficient (Wildman–Crippen LogP) is 3.30. The summed E-state index contributed by atoms with van der Waals surface area (Å²) in [5.41, 5.74) is -1.01. The topological polar surface area (TPSA) is 119 Å². The summed E-state index contributed by atoms with van der Waals surface area (Å²) < 4.78 is 52.1. The molecule has 1 atom stereocenters. The number of aromatic nitrogens is 3. The number of ether oxygens (including phenoxy) is 2. The Morgan fingerprint density at radius 2 is 1.79 bits per heavy atom. The molecule has 0 amide bonds. The molecule has 1 unspecified atom stereocenters. The fraction of sp³-hybridized carbons (Fsp3) is 0.240. The zero-order chi connectivity index (χ0) is 27.8. The van der Waals surface area contributed by atoms with E-state index in [1.54, 1.807) is 0 Å². The van der Waals surface area contributed by atoms with Crippen LogP contribution in [-0.4, -0.2) is 40.5 Å². The van der Waals surface area contributed by atoms with Crippen LogP contribution < -0.4 is 10.6 Å². The Morgan fingerprint density at radius 3 is 2.37 bits per heavy atom. The van der Waals surface area contributed by atoms with Crippen LogP contribution in [0.25, 0.3) is 0 Å². The van der Waals surface area contributed by atoms with E-state index in [0.29, 0.717) is 11.1 Å². The SMILES string of the molecule is COC(=O)Cn1nc2n(c1=O)C(c1ccc(C#N)cc1)C(C(=O)OC)=C(C)N2c1cccc(C(F)(F)F)c1. The van der Waals surface area contributed by atoms with Crippen LogP contribution in [0.1, 0.15) is 29.7 Å². The molecule has 38 heavy (non-hydrogen) atoms. The molecule has 0 spiro atoms. The molecule has 4 rings (SSSR count). The van der Waals surface area contributed by atoms with Crippen molar-refractivity contribution in [3.05, 3.63) is 87.0 Å². The molecule has 0 radical (unpaired) electrons. The molecule has 0 saturated carbocycles. The first-order valence-electron chi connectivity index (χ1n) is 11.0. The van der Waals surface area contributed by atoms with Crippen LogP contribution in [0.5, 0.6) is 0 Å². The number of rotatable bonds is 5. The second-order valence-electron chi connectivity index (χ2n) is 8.20. The summed E-state index contributed by atoms with van der Waals surface area (Å²) in [7, 11) is 2.25.